The van der Waals surface area contributed by atoms with Gasteiger partial charge in [0, 0.05) is 35.8 Å². The van der Waals surface area contributed by atoms with Crippen LogP contribution in [-0.2, 0) is 17.6 Å². The number of carbonyl (C=O) groups is 2. The van der Waals surface area contributed by atoms with Crippen LogP contribution in [0.2, 0.25) is 5.02 Å². The fourth-order valence-corrected chi connectivity index (χ4v) is 4.10. The summed E-state index contributed by atoms with van der Waals surface area (Å²) in [6.07, 6.45) is 2.59. The van der Waals surface area contributed by atoms with Gasteiger partial charge in [0.1, 0.15) is 11.8 Å². The topological polar surface area (TPSA) is 114 Å². The third kappa shape index (κ3) is 5.50. The van der Waals surface area contributed by atoms with Gasteiger partial charge in [0.15, 0.2) is 0 Å². The lowest BCUT2D eigenvalue weighted by Crippen LogP contribution is -2.42. The molecule has 0 fully saturated rings. The first-order valence-electron chi connectivity index (χ1n) is 10.8. The summed E-state index contributed by atoms with van der Waals surface area (Å²) >= 11 is 6.34. The van der Waals surface area contributed by atoms with E-state index in [9.17, 15) is 19.8 Å². The van der Waals surface area contributed by atoms with Crippen LogP contribution in [0.3, 0.4) is 0 Å². The molecule has 4 aromatic rings. The van der Waals surface area contributed by atoms with Gasteiger partial charge in [-0.2, -0.15) is 0 Å². The zero-order valence-electron chi connectivity index (χ0n) is 18.2. The minimum atomic E-state index is -1.13. The summed E-state index contributed by atoms with van der Waals surface area (Å²) < 4.78 is 0. The maximum absolute atomic E-state index is 12.8. The van der Waals surface area contributed by atoms with Crippen LogP contribution in [0.15, 0.2) is 72.9 Å². The first-order valence-corrected chi connectivity index (χ1v) is 11.2. The molecule has 0 aliphatic rings. The van der Waals surface area contributed by atoms with Crippen LogP contribution in [-0.4, -0.2) is 39.7 Å². The van der Waals surface area contributed by atoms with Crippen LogP contribution in [0, 0.1) is 0 Å². The molecule has 1 heterocycles. The van der Waals surface area contributed by atoms with Gasteiger partial charge >= 0.3 is 5.97 Å². The van der Waals surface area contributed by atoms with Crippen LogP contribution < -0.4 is 10.6 Å². The molecule has 174 valence electrons. The van der Waals surface area contributed by atoms with E-state index in [1.54, 1.807) is 42.6 Å². The molecule has 0 radical (unpaired) electrons. The predicted molar refractivity (Wildman–Crippen MR) is 133 cm³/mol. The number of benzene rings is 3. The average molecular weight is 478 g/mol. The first-order chi connectivity index (χ1) is 16.4. The molecule has 3 aromatic carbocycles. The van der Waals surface area contributed by atoms with Crippen molar-refractivity contribution in [2.75, 3.05) is 11.9 Å². The molecule has 0 aliphatic carbocycles. The number of aromatic hydroxyl groups is 1. The highest BCUT2D eigenvalue weighted by Crippen LogP contribution is 2.23. The minimum absolute atomic E-state index is 0.136. The van der Waals surface area contributed by atoms with E-state index < -0.39 is 17.9 Å². The largest absolute Gasteiger partial charge is 0.508 e. The van der Waals surface area contributed by atoms with Crippen LogP contribution in [0.1, 0.15) is 21.5 Å². The van der Waals surface area contributed by atoms with E-state index in [-0.39, 0.29) is 22.8 Å². The molecule has 0 unspecified atom stereocenters. The Morgan fingerprint density at radius 3 is 2.62 bits per heavy atom. The Morgan fingerprint density at radius 2 is 1.85 bits per heavy atom. The highest BCUT2D eigenvalue weighted by Gasteiger charge is 2.23. The number of rotatable bonds is 9. The summed E-state index contributed by atoms with van der Waals surface area (Å²) in [5.41, 5.74) is 3.63. The Balaban J connectivity index is 1.39. The van der Waals surface area contributed by atoms with E-state index in [2.05, 4.69) is 15.6 Å². The number of carboxylic acids is 1. The number of aliphatic carboxylic acids is 1. The van der Waals surface area contributed by atoms with Gasteiger partial charge in [0.05, 0.1) is 10.6 Å². The average Bonchev–Trinajstić information content (AvgIpc) is 3.21. The van der Waals surface area contributed by atoms with Gasteiger partial charge in [0.2, 0.25) is 0 Å². The third-order valence-electron chi connectivity index (χ3n) is 5.57. The molecule has 5 N–H and O–H groups in total. The zero-order valence-corrected chi connectivity index (χ0v) is 19.0. The Hall–Kier alpha value is -3.97. The first kappa shape index (κ1) is 23.2. The van der Waals surface area contributed by atoms with E-state index in [4.69, 9.17) is 11.6 Å². The number of fused-ring (bicyclic) bond motifs is 1. The number of nitrogens with one attached hydrogen (secondary N) is 3. The molecule has 0 saturated heterocycles. The normalized spacial score (nSPS) is 11.8. The standard InChI is InChI=1S/C26H24ClN3O4/c27-22-14-18(28-11-10-16-4-3-5-19(31)12-16)8-9-21(22)25(32)30-24(26(33)34)13-17-15-29-23-7-2-1-6-20(17)23/h1-9,12,14-15,24,28-29,31H,10-11,13H2,(H,30,32)(H,33,34)/t24-/m0/s1. The monoisotopic (exact) mass is 477 g/mol. The second-order valence-electron chi connectivity index (χ2n) is 7.97. The molecule has 1 amide bonds. The smallest absolute Gasteiger partial charge is 0.326 e. The molecule has 1 atom stereocenters. The number of amides is 1. The van der Waals surface area contributed by atoms with Gasteiger partial charge in [-0.3, -0.25) is 4.79 Å². The van der Waals surface area contributed by atoms with Crippen molar-refractivity contribution >= 4 is 40.1 Å². The summed E-state index contributed by atoms with van der Waals surface area (Å²) in [5, 5.41) is 26.2. The summed E-state index contributed by atoms with van der Waals surface area (Å²) in [5.74, 6) is -1.45. The quantitative estimate of drug-likeness (QED) is 0.241. The van der Waals surface area contributed by atoms with E-state index in [1.165, 1.54) is 0 Å². The fraction of sp³-hybridized carbons (Fsp3) is 0.154. The molecule has 0 saturated carbocycles. The van der Waals surface area contributed by atoms with Crippen molar-refractivity contribution in [1.29, 1.82) is 0 Å². The molecule has 1 aromatic heterocycles. The molecule has 0 spiro atoms. The number of H-pyrrole nitrogens is 1. The number of aromatic amines is 1. The van der Waals surface area contributed by atoms with Gasteiger partial charge in [-0.05, 0) is 53.9 Å². The van der Waals surface area contributed by atoms with Crippen LogP contribution in [0.5, 0.6) is 5.75 Å². The molecule has 0 bridgehead atoms. The Labute approximate surface area is 201 Å². The molecule has 34 heavy (non-hydrogen) atoms. The van der Waals surface area contributed by atoms with Crippen LogP contribution in [0.4, 0.5) is 5.69 Å². The van der Waals surface area contributed by atoms with Gasteiger partial charge in [-0.1, -0.05) is 41.9 Å². The second kappa shape index (κ2) is 10.3. The summed E-state index contributed by atoms with van der Waals surface area (Å²) in [6, 6.07) is 18.5. The van der Waals surface area contributed by atoms with Crippen molar-refractivity contribution < 1.29 is 19.8 Å². The van der Waals surface area contributed by atoms with Gasteiger partial charge < -0.3 is 25.8 Å². The fourth-order valence-electron chi connectivity index (χ4n) is 3.83. The maximum atomic E-state index is 12.8. The number of hydrogen-bond acceptors (Lipinski definition) is 4. The molecule has 7 nitrogen and oxygen atoms in total. The van der Waals surface area contributed by atoms with Gasteiger partial charge in [-0.25, -0.2) is 4.79 Å². The SMILES string of the molecule is O=C(N[C@@H](Cc1c[nH]c2ccccc12)C(=O)O)c1ccc(NCCc2cccc(O)c2)cc1Cl. The summed E-state index contributed by atoms with van der Waals surface area (Å²) in [7, 11) is 0. The number of halogens is 1. The summed E-state index contributed by atoms with van der Waals surface area (Å²) in [4.78, 5) is 27.8. The van der Waals surface area contributed by atoms with Crippen molar-refractivity contribution in [3.05, 3.63) is 94.6 Å². The Bertz CT molecular complexity index is 1330. The lowest BCUT2D eigenvalue weighted by Gasteiger charge is -2.15. The second-order valence-corrected chi connectivity index (χ2v) is 8.38. The molecule has 8 heteroatoms. The number of carbonyl (C=O) groups excluding carboxylic acids is 1. The minimum Gasteiger partial charge on any atom is -0.508 e. The van der Waals surface area contributed by atoms with Crippen LogP contribution >= 0.6 is 11.6 Å². The third-order valence-corrected chi connectivity index (χ3v) is 5.88. The Morgan fingerprint density at radius 1 is 1.03 bits per heavy atom. The predicted octanol–water partition coefficient (Wildman–Crippen LogP) is 4.61. The van der Waals surface area contributed by atoms with E-state index in [0.717, 1.165) is 27.7 Å². The lowest BCUT2D eigenvalue weighted by atomic mass is 10.0. The van der Waals surface area contributed by atoms with E-state index in [1.807, 2.05) is 30.3 Å². The van der Waals surface area contributed by atoms with Gasteiger partial charge in [0.25, 0.3) is 5.91 Å². The summed E-state index contributed by atoms with van der Waals surface area (Å²) in [6.45, 7) is 0.608. The number of phenolic OH excluding ortho intramolecular Hbond substituents is 1. The number of anilines is 1. The number of carboxylic acid groups (broad SMARTS) is 1. The van der Waals surface area contributed by atoms with Crippen molar-refractivity contribution in [1.82, 2.24) is 10.3 Å². The number of para-hydroxylation sites is 1. The highest BCUT2D eigenvalue weighted by molar-refractivity contribution is 6.34. The van der Waals surface area contributed by atoms with Crippen molar-refractivity contribution in [3.8, 4) is 5.75 Å². The van der Waals surface area contributed by atoms with Gasteiger partial charge in [-0.15, -0.1) is 0 Å². The number of phenols is 1. The number of aromatic nitrogens is 1. The molecular formula is C26H24ClN3O4. The van der Waals surface area contributed by atoms with E-state index in [0.29, 0.717) is 13.0 Å². The Kier molecular flexibility index (Phi) is 7.04. The molecular weight excluding hydrogens is 454 g/mol. The number of hydrogen-bond donors (Lipinski definition) is 5. The van der Waals surface area contributed by atoms with Crippen LogP contribution in [0.25, 0.3) is 10.9 Å². The zero-order chi connectivity index (χ0) is 24.1. The highest BCUT2D eigenvalue weighted by atomic mass is 35.5. The lowest BCUT2D eigenvalue weighted by molar-refractivity contribution is -0.139. The van der Waals surface area contributed by atoms with E-state index >= 15 is 0 Å². The van der Waals surface area contributed by atoms with Crippen molar-refractivity contribution in [2.45, 2.75) is 18.9 Å². The van der Waals surface area contributed by atoms with Crippen molar-refractivity contribution in [3.63, 3.8) is 0 Å². The molecule has 0 aliphatic heterocycles. The van der Waals surface area contributed by atoms with Crippen molar-refractivity contribution in [2.24, 2.45) is 0 Å². The maximum Gasteiger partial charge on any atom is 0.326 e. The molecule has 4 rings (SSSR count).